The van der Waals surface area contributed by atoms with E-state index in [2.05, 4.69) is 0 Å². The number of carboxylic acid groups (broad SMARTS) is 1. The number of aliphatic hydroxyl groups is 3. The summed E-state index contributed by atoms with van der Waals surface area (Å²) in [5, 5.41) is 39.3. The first kappa shape index (κ1) is 17.7. The normalized spacial score (nSPS) is 34.7. The fourth-order valence-corrected chi connectivity index (χ4v) is 4.42. The van der Waals surface area contributed by atoms with Crippen LogP contribution in [-0.4, -0.2) is 44.7 Å². The Morgan fingerprint density at radius 3 is 2.41 bits per heavy atom. The van der Waals surface area contributed by atoms with Crippen molar-refractivity contribution < 1.29 is 25.2 Å². The van der Waals surface area contributed by atoms with E-state index in [1.807, 2.05) is 0 Å². The molecule has 22 heavy (non-hydrogen) atoms. The van der Waals surface area contributed by atoms with Crippen LogP contribution in [0.2, 0.25) is 0 Å². The van der Waals surface area contributed by atoms with Gasteiger partial charge in [0.2, 0.25) is 0 Å². The van der Waals surface area contributed by atoms with Crippen molar-refractivity contribution in [3.05, 3.63) is 0 Å². The predicted octanol–water partition coefficient (Wildman–Crippen LogP) is 1.93. The third-order valence-electron chi connectivity index (χ3n) is 5.61. The van der Waals surface area contributed by atoms with Gasteiger partial charge in [-0.15, -0.1) is 0 Å². The maximum atomic E-state index is 10.9. The van der Waals surface area contributed by atoms with E-state index >= 15 is 0 Å². The minimum Gasteiger partial charge on any atom is -0.481 e. The van der Waals surface area contributed by atoms with Crippen LogP contribution >= 0.6 is 0 Å². The van der Waals surface area contributed by atoms with Crippen molar-refractivity contribution in [2.45, 2.75) is 82.5 Å². The van der Waals surface area contributed by atoms with Gasteiger partial charge in [0.25, 0.3) is 0 Å². The molecule has 5 nitrogen and oxygen atoms in total. The Labute approximate surface area is 132 Å². The van der Waals surface area contributed by atoms with Gasteiger partial charge < -0.3 is 20.4 Å². The molecule has 0 bridgehead atoms. The van der Waals surface area contributed by atoms with Crippen molar-refractivity contribution in [2.24, 2.45) is 17.8 Å². The van der Waals surface area contributed by atoms with Crippen molar-refractivity contribution in [3.63, 3.8) is 0 Å². The van der Waals surface area contributed by atoms with E-state index in [0.29, 0.717) is 6.42 Å². The lowest BCUT2D eigenvalue weighted by Gasteiger charge is -2.28. The molecule has 0 aliphatic heterocycles. The first-order valence-corrected chi connectivity index (χ1v) is 8.75. The second-order valence-corrected chi connectivity index (χ2v) is 7.21. The summed E-state index contributed by atoms with van der Waals surface area (Å²) < 4.78 is 0. The highest BCUT2D eigenvalue weighted by Crippen LogP contribution is 2.39. The second kappa shape index (κ2) is 8.27. The Bertz CT molecular complexity index is 353. The zero-order chi connectivity index (χ0) is 16.1. The SMILES string of the molecule is O=C(O)C[C@@H]1[C@H](C(O)CCCC2CCCCC2)[C@H](O)C[C@@H]1O. The molecule has 0 saturated heterocycles. The molecule has 4 N–H and O–H groups in total. The highest BCUT2D eigenvalue weighted by molar-refractivity contribution is 5.67. The molecule has 0 radical (unpaired) electrons. The van der Waals surface area contributed by atoms with Crippen LogP contribution in [0.15, 0.2) is 0 Å². The topological polar surface area (TPSA) is 98.0 Å². The summed E-state index contributed by atoms with van der Waals surface area (Å²) in [6, 6.07) is 0. The molecule has 0 heterocycles. The summed E-state index contributed by atoms with van der Waals surface area (Å²) in [7, 11) is 0. The molecule has 0 aromatic heterocycles. The molecule has 2 aliphatic carbocycles. The fourth-order valence-electron chi connectivity index (χ4n) is 4.42. The lowest BCUT2D eigenvalue weighted by Crippen LogP contribution is -2.34. The van der Waals surface area contributed by atoms with Crippen LogP contribution in [0.1, 0.15) is 64.2 Å². The standard InChI is InChI=1S/C17H30O5/c18-13(8-4-7-11-5-2-1-3-6-11)17-12(9-16(21)22)14(19)10-15(17)20/h11-15,17-20H,1-10H2,(H,21,22)/t12-,13?,14-,15+,17+/m0/s1. The lowest BCUT2D eigenvalue weighted by molar-refractivity contribution is -0.140. The van der Waals surface area contributed by atoms with Crippen LogP contribution in [-0.2, 0) is 4.79 Å². The average molecular weight is 314 g/mol. The van der Waals surface area contributed by atoms with Gasteiger partial charge in [-0.05, 0) is 18.8 Å². The highest BCUT2D eigenvalue weighted by atomic mass is 16.4. The number of aliphatic carboxylic acids is 1. The summed E-state index contributed by atoms with van der Waals surface area (Å²) in [4.78, 5) is 10.9. The molecule has 2 aliphatic rings. The Kier molecular flexibility index (Phi) is 6.66. The lowest BCUT2D eigenvalue weighted by atomic mass is 9.82. The van der Waals surface area contributed by atoms with E-state index in [0.717, 1.165) is 18.8 Å². The van der Waals surface area contributed by atoms with Gasteiger partial charge in [-0.25, -0.2) is 0 Å². The first-order chi connectivity index (χ1) is 10.5. The molecule has 0 amide bonds. The Morgan fingerprint density at radius 2 is 1.77 bits per heavy atom. The van der Waals surface area contributed by atoms with E-state index in [1.54, 1.807) is 0 Å². The van der Waals surface area contributed by atoms with Gasteiger partial charge in [0.1, 0.15) is 0 Å². The summed E-state index contributed by atoms with van der Waals surface area (Å²) in [6.45, 7) is 0. The number of aliphatic hydroxyl groups excluding tert-OH is 3. The molecular weight excluding hydrogens is 284 g/mol. The minimum absolute atomic E-state index is 0.169. The van der Waals surface area contributed by atoms with Crippen molar-refractivity contribution >= 4 is 5.97 Å². The maximum Gasteiger partial charge on any atom is 0.303 e. The van der Waals surface area contributed by atoms with Gasteiger partial charge in [-0.2, -0.15) is 0 Å². The van der Waals surface area contributed by atoms with Crippen LogP contribution in [0, 0.1) is 17.8 Å². The predicted molar refractivity (Wildman–Crippen MR) is 82.3 cm³/mol. The molecular formula is C17H30O5. The zero-order valence-corrected chi connectivity index (χ0v) is 13.2. The number of carboxylic acids is 1. The third kappa shape index (κ3) is 4.67. The fraction of sp³-hybridized carbons (Fsp3) is 0.941. The van der Waals surface area contributed by atoms with Crippen LogP contribution in [0.25, 0.3) is 0 Å². The van der Waals surface area contributed by atoms with Crippen LogP contribution < -0.4 is 0 Å². The Morgan fingerprint density at radius 1 is 1.09 bits per heavy atom. The number of hydrogen-bond acceptors (Lipinski definition) is 4. The van der Waals surface area contributed by atoms with Crippen molar-refractivity contribution in [1.29, 1.82) is 0 Å². The van der Waals surface area contributed by atoms with Gasteiger partial charge in [0.15, 0.2) is 0 Å². The maximum absolute atomic E-state index is 10.9. The van der Waals surface area contributed by atoms with Crippen LogP contribution in [0.4, 0.5) is 0 Å². The van der Waals surface area contributed by atoms with Gasteiger partial charge in [0, 0.05) is 11.8 Å². The number of hydrogen-bond donors (Lipinski definition) is 4. The Hall–Kier alpha value is -0.650. The highest BCUT2D eigenvalue weighted by Gasteiger charge is 2.45. The largest absolute Gasteiger partial charge is 0.481 e. The van der Waals surface area contributed by atoms with E-state index in [1.165, 1.54) is 32.1 Å². The van der Waals surface area contributed by atoms with Gasteiger partial charge in [-0.3, -0.25) is 4.79 Å². The molecule has 5 atom stereocenters. The second-order valence-electron chi connectivity index (χ2n) is 7.21. The van der Waals surface area contributed by atoms with Gasteiger partial charge >= 0.3 is 5.97 Å². The molecule has 5 heteroatoms. The Balaban J connectivity index is 1.80. The van der Waals surface area contributed by atoms with Gasteiger partial charge in [-0.1, -0.05) is 44.9 Å². The molecule has 0 spiro atoms. The van der Waals surface area contributed by atoms with Crippen molar-refractivity contribution in [1.82, 2.24) is 0 Å². The monoisotopic (exact) mass is 314 g/mol. The molecule has 0 aromatic carbocycles. The summed E-state index contributed by atoms with van der Waals surface area (Å²) in [6.07, 6.45) is 6.73. The van der Waals surface area contributed by atoms with E-state index in [4.69, 9.17) is 5.11 Å². The zero-order valence-electron chi connectivity index (χ0n) is 13.2. The molecule has 1 unspecified atom stereocenters. The van der Waals surface area contributed by atoms with Gasteiger partial charge in [0.05, 0.1) is 24.7 Å². The van der Waals surface area contributed by atoms with Crippen molar-refractivity contribution in [3.8, 4) is 0 Å². The quantitative estimate of drug-likeness (QED) is 0.575. The van der Waals surface area contributed by atoms with Crippen molar-refractivity contribution in [2.75, 3.05) is 0 Å². The summed E-state index contributed by atoms with van der Waals surface area (Å²) >= 11 is 0. The molecule has 2 saturated carbocycles. The molecule has 2 rings (SSSR count). The van der Waals surface area contributed by atoms with Crippen LogP contribution in [0.5, 0.6) is 0 Å². The van der Waals surface area contributed by atoms with E-state index in [9.17, 15) is 20.1 Å². The number of rotatable bonds is 7. The average Bonchev–Trinajstić information content (AvgIpc) is 2.73. The first-order valence-electron chi connectivity index (χ1n) is 8.75. The minimum atomic E-state index is -0.988. The summed E-state index contributed by atoms with van der Waals surface area (Å²) in [5.74, 6) is -1.29. The number of carbonyl (C=O) groups is 1. The summed E-state index contributed by atoms with van der Waals surface area (Å²) in [5.41, 5.74) is 0. The molecule has 2 fully saturated rings. The van der Waals surface area contributed by atoms with E-state index in [-0.39, 0.29) is 12.8 Å². The smallest absolute Gasteiger partial charge is 0.303 e. The molecule has 128 valence electrons. The van der Waals surface area contributed by atoms with Crippen LogP contribution in [0.3, 0.4) is 0 Å². The molecule has 0 aromatic rings. The van der Waals surface area contributed by atoms with E-state index < -0.39 is 36.1 Å². The third-order valence-corrected chi connectivity index (χ3v) is 5.61.